The summed E-state index contributed by atoms with van der Waals surface area (Å²) < 4.78 is 1.42. The summed E-state index contributed by atoms with van der Waals surface area (Å²) in [5.41, 5.74) is 8.69. The number of nitrogen functional groups attached to an aromatic ring is 1. The van der Waals surface area contributed by atoms with Gasteiger partial charge in [0.2, 0.25) is 0 Å². The number of benzene rings is 3. The van der Waals surface area contributed by atoms with Crippen molar-refractivity contribution in [2.24, 2.45) is 0 Å². The van der Waals surface area contributed by atoms with Gasteiger partial charge in [0.15, 0.2) is 0 Å². The average molecular weight is 313 g/mol. The first kappa shape index (κ1) is 14.2. The van der Waals surface area contributed by atoms with Gasteiger partial charge < -0.3 is 5.73 Å². The van der Waals surface area contributed by atoms with Crippen molar-refractivity contribution in [3.8, 4) is 16.9 Å². The summed E-state index contributed by atoms with van der Waals surface area (Å²) in [7, 11) is 0. The van der Waals surface area contributed by atoms with E-state index in [1.807, 2.05) is 66.7 Å². The second-order valence-corrected chi connectivity index (χ2v) is 5.57. The van der Waals surface area contributed by atoms with E-state index in [1.54, 1.807) is 12.1 Å². The van der Waals surface area contributed by atoms with Crippen molar-refractivity contribution in [2.75, 3.05) is 5.73 Å². The lowest BCUT2D eigenvalue weighted by Crippen LogP contribution is -2.22. The maximum atomic E-state index is 12.9. The number of nitrogens with two attached hydrogens (primary N) is 1. The molecule has 116 valence electrons. The predicted molar refractivity (Wildman–Crippen MR) is 97.2 cm³/mol. The number of nitrogens with zero attached hydrogens (tertiary/aromatic N) is 2. The molecule has 0 atom stereocenters. The largest absolute Gasteiger partial charge is 0.399 e. The molecule has 0 bridgehead atoms. The molecule has 0 fully saturated rings. The molecule has 4 aromatic rings. The van der Waals surface area contributed by atoms with Gasteiger partial charge in [0.05, 0.1) is 16.8 Å². The fourth-order valence-electron chi connectivity index (χ4n) is 2.83. The molecule has 0 unspecified atom stereocenters. The molecule has 0 saturated heterocycles. The lowest BCUT2D eigenvalue weighted by molar-refractivity contribution is 0.826. The van der Waals surface area contributed by atoms with Crippen LogP contribution in [0.5, 0.6) is 0 Å². The number of hydrogen-bond donors (Lipinski definition) is 1. The molecule has 1 heterocycles. The zero-order chi connectivity index (χ0) is 16.5. The van der Waals surface area contributed by atoms with E-state index in [1.165, 1.54) is 4.68 Å². The van der Waals surface area contributed by atoms with E-state index in [4.69, 9.17) is 5.73 Å². The van der Waals surface area contributed by atoms with Crippen molar-refractivity contribution in [1.82, 2.24) is 9.78 Å². The summed E-state index contributed by atoms with van der Waals surface area (Å²) in [6.45, 7) is 0. The van der Waals surface area contributed by atoms with Crippen LogP contribution in [0.3, 0.4) is 0 Å². The van der Waals surface area contributed by atoms with Gasteiger partial charge in [0.1, 0.15) is 0 Å². The minimum absolute atomic E-state index is 0.157. The number of aromatic nitrogens is 2. The zero-order valence-corrected chi connectivity index (χ0v) is 12.9. The van der Waals surface area contributed by atoms with Crippen LogP contribution in [-0.4, -0.2) is 9.78 Å². The van der Waals surface area contributed by atoms with E-state index in [0.29, 0.717) is 16.8 Å². The Balaban J connectivity index is 2.09. The van der Waals surface area contributed by atoms with E-state index >= 15 is 0 Å². The van der Waals surface area contributed by atoms with Gasteiger partial charge in [-0.25, -0.2) is 0 Å². The normalized spacial score (nSPS) is 10.8. The highest BCUT2D eigenvalue weighted by atomic mass is 16.1. The van der Waals surface area contributed by atoms with Crippen molar-refractivity contribution < 1.29 is 0 Å². The minimum Gasteiger partial charge on any atom is -0.399 e. The third-order valence-corrected chi connectivity index (χ3v) is 3.97. The Kier molecular flexibility index (Phi) is 3.35. The van der Waals surface area contributed by atoms with Crippen LogP contribution in [0.2, 0.25) is 0 Å². The molecular weight excluding hydrogens is 298 g/mol. The van der Waals surface area contributed by atoms with Crippen molar-refractivity contribution in [3.63, 3.8) is 0 Å². The van der Waals surface area contributed by atoms with E-state index in [2.05, 4.69) is 5.10 Å². The van der Waals surface area contributed by atoms with Gasteiger partial charge in [-0.3, -0.25) is 4.79 Å². The Morgan fingerprint density at radius 3 is 2.25 bits per heavy atom. The van der Waals surface area contributed by atoms with Crippen LogP contribution in [0.15, 0.2) is 83.7 Å². The predicted octanol–water partition coefficient (Wildman–Crippen LogP) is 3.63. The molecule has 0 aliphatic rings. The molecule has 0 amide bonds. The highest BCUT2D eigenvalue weighted by Gasteiger charge is 2.13. The van der Waals surface area contributed by atoms with Crippen LogP contribution in [0.1, 0.15) is 0 Å². The molecule has 24 heavy (non-hydrogen) atoms. The van der Waals surface area contributed by atoms with E-state index in [-0.39, 0.29) is 5.56 Å². The van der Waals surface area contributed by atoms with E-state index in [0.717, 1.165) is 16.6 Å². The summed E-state index contributed by atoms with van der Waals surface area (Å²) >= 11 is 0. The Bertz CT molecular complexity index is 1080. The molecule has 4 nitrogen and oxygen atoms in total. The molecule has 4 heteroatoms. The lowest BCUT2D eigenvalue weighted by Gasteiger charge is -2.11. The quantitative estimate of drug-likeness (QED) is 0.575. The Hall–Kier alpha value is -3.40. The van der Waals surface area contributed by atoms with Crippen LogP contribution in [-0.2, 0) is 0 Å². The van der Waals surface area contributed by atoms with Crippen LogP contribution in [0.4, 0.5) is 5.69 Å². The third-order valence-electron chi connectivity index (χ3n) is 3.97. The third kappa shape index (κ3) is 2.34. The van der Waals surface area contributed by atoms with E-state index in [9.17, 15) is 4.79 Å². The van der Waals surface area contributed by atoms with Crippen LogP contribution < -0.4 is 11.3 Å². The van der Waals surface area contributed by atoms with Crippen molar-refractivity contribution in [3.05, 3.63) is 89.2 Å². The molecule has 0 saturated carbocycles. The number of fused-ring (bicyclic) bond motifs is 1. The highest BCUT2D eigenvalue weighted by molar-refractivity contribution is 5.93. The fraction of sp³-hybridized carbons (Fsp3) is 0. The molecule has 0 radical (unpaired) electrons. The monoisotopic (exact) mass is 313 g/mol. The molecule has 2 N–H and O–H groups in total. The second-order valence-electron chi connectivity index (χ2n) is 5.57. The summed E-state index contributed by atoms with van der Waals surface area (Å²) in [5, 5.41) is 6.11. The summed E-state index contributed by atoms with van der Waals surface area (Å²) in [4.78, 5) is 12.9. The fourth-order valence-corrected chi connectivity index (χ4v) is 2.83. The number of anilines is 1. The first-order valence-electron chi connectivity index (χ1n) is 7.67. The molecule has 0 aliphatic heterocycles. The Morgan fingerprint density at radius 1 is 0.792 bits per heavy atom. The van der Waals surface area contributed by atoms with Gasteiger partial charge in [-0.2, -0.15) is 9.78 Å². The Morgan fingerprint density at radius 2 is 1.50 bits per heavy atom. The maximum absolute atomic E-state index is 12.9. The summed E-state index contributed by atoms with van der Waals surface area (Å²) in [6, 6.07) is 24.6. The van der Waals surface area contributed by atoms with Gasteiger partial charge in [-0.05, 0) is 24.3 Å². The van der Waals surface area contributed by atoms with Crippen LogP contribution in [0, 0.1) is 0 Å². The topological polar surface area (TPSA) is 60.9 Å². The first-order chi connectivity index (χ1) is 11.7. The lowest BCUT2D eigenvalue weighted by atomic mass is 10.1. The molecular formula is C20H15N3O. The zero-order valence-electron chi connectivity index (χ0n) is 12.9. The SMILES string of the molecule is Nc1cccc(-n2nc(-c3ccccc3)c3ccccc3c2=O)c1. The van der Waals surface area contributed by atoms with E-state index < -0.39 is 0 Å². The molecule has 3 aromatic carbocycles. The first-order valence-corrected chi connectivity index (χ1v) is 7.67. The van der Waals surface area contributed by atoms with Gasteiger partial charge in [0.25, 0.3) is 5.56 Å². The molecule has 0 aliphatic carbocycles. The second kappa shape index (κ2) is 5.66. The van der Waals surface area contributed by atoms with Crippen molar-refractivity contribution in [1.29, 1.82) is 0 Å². The van der Waals surface area contributed by atoms with Gasteiger partial charge in [-0.1, -0.05) is 54.6 Å². The standard InChI is InChI=1S/C20H15N3O/c21-15-9-6-10-16(13-15)23-20(24)18-12-5-4-11-17(18)19(22-23)14-7-2-1-3-8-14/h1-13H,21H2. The average Bonchev–Trinajstić information content (AvgIpc) is 2.63. The molecule has 0 spiro atoms. The van der Waals surface area contributed by atoms with Crippen molar-refractivity contribution in [2.45, 2.75) is 0 Å². The molecule has 1 aromatic heterocycles. The van der Waals surface area contributed by atoms with Gasteiger partial charge in [0, 0.05) is 16.6 Å². The van der Waals surface area contributed by atoms with Gasteiger partial charge in [-0.15, -0.1) is 0 Å². The van der Waals surface area contributed by atoms with Gasteiger partial charge >= 0.3 is 0 Å². The number of hydrogen-bond acceptors (Lipinski definition) is 3. The van der Waals surface area contributed by atoms with Crippen LogP contribution in [0.25, 0.3) is 27.7 Å². The maximum Gasteiger partial charge on any atom is 0.279 e. The summed E-state index contributed by atoms with van der Waals surface area (Å²) in [5.74, 6) is 0. The molecule has 4 rings (SSSR count). The minimum atomic E-state index is -0.157. The number of rotatable bonds is 2. The van der Waals surface area contributed by atoms with Crippen molar-refractivity contribution >= 4 is 16.5 Å². The Labute approximate surface area is 138 Å². The summed E-state index contributed by atoms with van der Waals surface area (Å²) in [6.07, 6.45) is 0. The highest BCUT2D eigenvalue weighted by Crippen LogP contribution is 2.25. The smallest absolute Gasteiger partial charge is 0.279 e. The van der Waals surface area contributed by atoms with Crippen LogP contribution >= 0.6 is 0 Å².